The normalized spacial score (nSPS) is 15.2. The summed E-state index contributed by atoms with van der Waals surface area (Å²) in [6.07, 6.45) is 1.49. The Morgan fingerprint density at radius 1 is 1.42 bits per heavy atom. The van der Waals surface area contributed by atoms with Crippen LogP contribution in [0.3, 0.4) is 0 Å². The van der Waals surface area contributed by atoms with Crippen LogP contribution >= 0.6 is 22.9 Å². The highest BCUT2D eigenvalue weighted by Gasteiger charge is 2.49. The number of carbonyl (C=O) groups excluding carboxylic acids is 1. The van der Waals surface area contributed by atoms with Gasteiger partial charge in [0.15, 0.2) is 0 Å². The molecule has 0 aliphatic heterocycles. The number of rotatable bonds is 7. The first-order valence-corrected chi connectivity index (χ1v) is 9.62. The average Bonchev–Trinajstić information content (AvgIpc) is 3.08. The van der Waals surface area contributed by atoms with Gasteiger partial charge in [0.1, 0.15) is 12.4 Å². The molecule has 2 aromatic heterocycles. The average molecular weight is 392 g/mol. The summed E-state index contributed by atoms with van der Waals surface area (Å²) in [4.78, 5) is 19.6. The number of hydrogen-bond donors (Lipinski definition) is 3. The Hall–Kier alpha value is -2.09. The van der Waals surface area contributed by atoms with Crippen LogP contribution in [0.4, 0.5) is 0 Å². The number of aliphatic hydroxyl groups excluding tert-OH is 1. The number of carbonyl (C=O) groups is 1. The Kier molecular flexibility index (Phi) is 4.60. The van der Waals surface area contributed by atoms with Gasteiger partial charge in [-0.05, 0) is 25.0 Å². The minimum atomic E-state index is -0.563. The Morgan fingerprint density at radius 3 is 2.96 bits per heavy atom. The monoisotopic (exact) mass is 391 g/mol. The molecule has 1 saturated carbocycles. The van der Waals surface area contributed by atoms with Crippen LogP contribution in [0.1, 0.15) is 24.2 Å². The van der Waals surface area contributed by atoms with Crippen molar-refractivity contribution in [3.8, 4) is 5.75 Å². The second-order valence-corrected chi connectivity index (χ2v) is 7.68. The van der Waals surface area contributed by atoms with Crippen molar-refractivity contribution in [3.05, 3.63) is 45.5 Å². The minimum Gasteiger partial charge on any atom is -0.486 e. The van der Waals surface area contributed by atoms with E-state index in [9.17, 15) is 9.90 Å². The number of aromatic amines is 1. The van der Waals surface area contributed by atoms with Crippen molar-refractivity contribution in [2.45, 2.75) is 26.0 Å². The molecule has 1 amide bonds. The van der Waals surface area contributed by atoms with E-state index in [1.54, 1.807) is 5.51 Å². The SMILES string of the molecule is O=C(NCc1cc2cc(Cl)c(OCc3cscn3)cc2[nH]1)C1(CO)CC1. The zero-order valence-corrected chi connectivity index (χ0v) is 15.5. The number of fused-ring (bicyclic) bond motifs is 1. The van der Waals surface area contributed by atoms with E-state index in [4.69, 9.17) is 16.3 Å². The molecular formula is C18H18ClN3O3S. The highest BCUT2D eigenvalue weighted by atomic mass is 35.5. The van der Waals surface area contributed by atoms with Crippen LogP contribution in [0, 0.1) is 5.41 Å². The summed E-state index contributed by atoms with van der Waals surface area (Å²) >= 11 is 7.83. The molecule has 4 rings (SSSR count). The third-order valence-electron chi connectivity index (χ3n) is 4.67. The molecule has 3 N–H and O–H groups in total. The van der Waals surface area contributed by atoms with Crippen LogP contribution in [0.25, 0.3) is 10.9 Å². The number of halogens is 1. The fourth-order valence-electron chi connectivity index (χ4n) is 2.83. The lowest BCUT2D eigenvalue weighted by molar-refractivity contribution is -0.127. The molecule has 1 aromatic carbocycles. The molecule has 6 nitrogen and oxygen atoms in total. The fourth-order valence-corrected chi connectivity index (χ4v) is 3.60. The number of nitrogens with one attached hydrogen (secondary N) is 2. The van der Waals surface area contributed by atoms with Crippen LogP contribution in [0.2, 0.25) is 5.02 Å². The molecule has 136 valence electrons. The molecular weight excluding hydrogens is 374 g/mol. The van der Waals surface area contributed by atoms with Gasteiger partial charge in [0.25, 0.3) is 0 Å². The van der Waals surface area contributed by atoms with Gasteiger partial charge in [-0.3, -0.25) is 4.79 Å². The van der Waals surface area contributed by atoms with Gasteiger partial charge >= 0.3 is 0 Å². The van der Waals surface area contributed by atoms with Crippen LogP contribution in [0.5, 0.6) is 5.75 Å². The van der Waals surface area contributed by atoms with E-state index in [1.165, 1.54) is 11.3 Å². The number of H-pyrrole nitrogens is 1. The van der Waals surface area contributed by atoms with Crippen molar-refractivity contribution in [2.75, 3.05) is 6.61 Å². The summed E-state index contributed by atoms with van der Waals surface area (Å²) in [6, 6.07) is 5.64. The second kappa shape index (κ2) is 6.90. The summed E-state index contributed by atoms with van der Waals surface area (Å²) in [5.41, 5.74) is 3.81. The summed E-state index contributed by atoms with van der Waals surface area (Å²) in [7, 11) is 0. The largest absolute Gasteiger partial charge is 0.486 e. The number of amides is 1. The van der Waals surface area contributed by atoms with Crippen molar-refractivity contribution < 1.29 is 14.6 Å². The topological polar surface area (TPSA) is 87.2 Å². The van der Waals surface area contributed by atoms with E-state index in [-0.39, 0.29) is 12.5 Å². The maximum Gasteiger partial charge on any atom is 0.228 e. The van der Waals surface area contributed by atoms with Gasteiger partial charge in [-0.2, -0.15) is 0 Å². The Bertz CT molecular complexity index is 935. The van der Waals surface area contributed by atoms with Crippen molar-refractivity contribution in [2.24, 2.45) is 5.41 Å². The summed E-state index contributed by atoms with van der Waals surface area (Å²) in [5, 5.41) is 15.6. The second-order valence-electron chi connectivity index (χ2n) is 6.55. The first-order valence-electron chi connectivity index (χ1n) is 8.30. The standard InChI is InChI=1S/C18H18ClN3O3S/c19-14-4-11-3-12(6-20-17(24)18(9-23)1-2-18)22-15(11)5-16(14)25-7-13-8-26-10-21-13/h3-5,8,10,22-23H,1-2,6-7,9H2,(H,20,24). The molecule has 0 spiro atoms. The Balaban J connectivity index is 1.45. The van der Waals surface area contributed by atoms with Gasteiger partial charge in [-0.1, -0.05) is 11.6 Å². The zero-order chi connectivity index (χ0) is 18.1. The number of hydrogen-bond acceptors (Lipinski definition) is 5. The van der Waals surface area contributed by atoms with Gasteiger partial charge in [0.2, 0.25) is 5.91 Å². The molecule has 26 heavy (non-hydrogen) atoms. The van der Waals surface area contributed by atoms with E-state index < -0.39 is 5.41 Å². The summed E-state index contributed by atoms with van der Waals surface area (Å²) in [5.74, 6) is 0.491. The van der Waals surface area contributed by atoms with Crippen molar-refractivity contribution in [1.29, 1.82) is 0 Å². The molecule has 0 atom stereocenters. The molecule has 1 fully saturated rings. The molecule has 0 saturated heterocycles. The van der Waals surface area contributed by atoms with E-state index in [2.05, 4.69) is 15.3 Å². The molecule has 2 heterocycles. The quantitative estimate of drug-likeness (QED) is 0.577. The fraction of sp³-hybridized carbons (Fsp3) is 0.333. The van der Waals surface area contributed by atoms with Gasteiger partial charge < -0.3 is 20.1 Å². The highest BCUT2D eigenvalue weighted by molar-refractivity contribution is 7.07. The number of nitrogens with zero attached hydrogens (tertiary/aromatic N) is 1. The number of benzene rings is 1. The van der Waals surface area contributed by atoms with Crippen molar-refractivity contribution in [3.63, 3.8) is 0 Å². The highest BCUT2D eigenvalue weighted by Crippen LogP contribution is 2.45. The van der Waals surface area contributed by atoms with Crippen LogP contribution in [-0.2, 0) is 17.9 Å². The van der Waals surface area contributed by atoms with Gasteiger partial charge in [-0.15, -0.1) is 11.3 Å². The lowest BCUT2D eigenvalue weighted by Gasteiger charge is -2.11. The number of ether oxygens (including phenoxy) is 1. The van der Waals surface area contributed by atoms with E-state index in [0.717, 1.165) is 35.1 Å². The van der Waals surface area contributed by atoms with E-state index in [0.29, 0.717) is 23.9 Å². The maximum absolute atomic E-state index is 12.1. The molecule has 1 aliphatic rings. The first kappa shape index (κ1) is 17.3. The predicted octanol–water partition coefficient (Wildman–Crippen LogP) is 3.25. The number of thiazole rings is 1. The molecule has 0 radical (unpaired) electrons. The van der Waals surface area contributed by atoms with Crippen LogP contribution < -0.4 is 10.1 Å². The maximum atomic E-state index is 12.1. The van der Waals surface area contributed by atoms with Crippen LogP contribution in [0.15, 0.2) is 29.1 Å². The van der Waals surface area contributed by atoms with E-state index >= 15 is 0 Å². The summed E-state index contributed by atoms with van der Waals surface area (Å²) < 4.78 is 5.76. The van der Waals surface area contributed by atoms with Crippen LogP contribution in [-0.4, -0.2) is 27.6 Å². The Morgan fingerprint density at radius 2 is 2.27 bits per heavy atom. The molecule has 0 unspecified atom stereocenters. The van der Waals surface area contributed by atoms with Gasteiger partial charge in [0.05, 0.1) is 34.8 Å². The van der Waals surface area contributed by atoms with E-state index in [1.807, 2.05) is 23.6 Å². The third kappa shape index (κ3) is 3.42. The first-order chi connectivity index (χ1) is 12.6. The Labute approximate surface area is 159 Å². The number of aromatic nitrogens is 2. The summed E-state index contributed by atoms with van der Waals surface area (Å²) in [6.45, 7) is 0.643. The lowest BCUT2D eigenvalue weighted by atomic mass is 10.1. The molecule has 8 heteroatoms. The predicted molar refractivity (Wildman–Crippen MR) is 100 cm³/mol. The minimum absolute atomic E-state index is 0.0935. The molecule has 0 bridgehead atoms. The molecule has 3 aromatic rings. The zero-order valence-electron chi connectivity index (χ0n) is 13.9. The lowest BCUT2D eigenvalue weighted by Crippen LogP contribution is -2.33. The van der Waals surface area contributed by atoms with Crippen molar-refractivity contribution in [1.82, 2.24) is 15.3 Å². The third-order valence-corrected chi connectivity index (χ3v) is 5.60. The van der Waals surface area contributed by atoms with Crippen molar-refractivity contribution >= 4 is 39.7 Å². The molecule has 1 aliphatic carbocycles. The number of aliphatic hydroxyl groups is 1. The van der Waals surface area contributed by atoms with Gasteiger partial charge in [-0.25, -0.2) is 4.98 Å². The van der Waals surface area contributed by atoms with Gasteiger partial charge in [0, 0.05) is 28.0 Å². The smallest absolute Gasteiger partial charge is 0.228 e.